The van der Waals surface area contributed by atoms with Gasteiger partial charge < -0.3 is 10.6 Å². The van der Waals surface area contributed by atoms with Gasteiger partial charge in [-0.05, 0) is 41.8 Å². The molecular formula is C16H16N2O. The Morgan fingerprint density at radius 1 is 1.16 bits per heavy atom. The van der Waals surface area contributed by atoms with E-state index in [9.17, 15) is 4.79 Å². The zero-order chi connectivity index (χ0) is 13.4. The van der Waals surface area contributed by atoms with Crippen molar-refractivity contribution in [3.05, 3.63) is 59.7 Å². The fourth-order valence-corrected chi connectivity index (χ4v) is 2.54. The number of anilines is 2. The first-order valence-corrected chi connectivity index (χ1v) is 6.38. The molecule has 96 valence electrons. The third-order valence-electron chi connectivity index (χ3n) is 3.76. The van der Waals surface area contributed by atoms with Crippen molar-refractivity contribution < 1.29 is 4.79 Å². The fraction of sp³-hybridized carbons (Fsp3) is 0.188. The Labute approximate surface area is 112 Å². The van der Waals surface area contributed by atoms with E-state index in [-0.39, 0.29) is 11.8 Å². The van der Waals surface area contributed by atoms with Gasteiger partial charge in [0.2, 0.25) is 5.91 Å². The number of hydrogen-bond donors (Lipinski definition) is 1. The molecule has 1 unspecified atom stereocenters. The zero-order valence-corrected chi connectivity index (χ0v) is 10.8. The molecule has 0 saturated heterocycles. The minimum atomic E-state index is -0.00115. The van der Waals surface area contributed by atoms with Crippen LogP contribution in [0.25, 0.3) is 0 Å². The highest BCUT2D eigenvalue weighted by Gasteiger charge is 2.33. The number of nitrogens with zero attached hydrogens (tertiary/aromatic N) is 1. The molecule has 1 aliphatic rings. The van der Waals surface area contributed by atoms with Gasteiger partial charge in [-0.1, -0.05) is 24.3 Å². The highest BCUT2D eigenvalue weighted by molar-refractivity contribution is 5.99. The number of rotatable bonds is 2. The number of nitrogen functional groups attached to an aromatic ring is 1. The predicted molar refractivity (Wildman–Crippen MR) is 77.2 cm³/mol. The Bertz CT molecular complexity index is 619. The summed E-state index contributed by atoms with van der Waals surface area (Å²) in [4.78, 5) is 14.2. The van der Waals surface area contributed by atoms with Crippen molar-refractivity contribution >= 4 is 17.3 Å². The van der Waals surface area contributed by atoms with E-state index in [2.05, 4.69) is 6.07 Å². The first-order valence-electron chi connectivity index (χ1n) is 6.38. The summed E-state index contributed by atoms with van der Waals surface area (Å²) in [5.41, 5.74) is 9.69. The number of amides is 1. The summed E-state index contributed by atoms with van der Waals surface area (Å²) in [6.45, 7) is 0. The fourth-order valence-electron chi connectivity index (χ4n) is 2.54. The van der Waals surface area contributed by atoms with Crippen LogP contribution in [0.15, 0.2) is 48.5 Å². The van der Waals surface area contributed by atoms with Crippen molar-refractivity contribution in [1.82, 2.24) is 0 Å². The zero-order valence-electron chi connectivity index (χ0n) is 10.8. The summed E-state index contributed by atoms with van der Waals surface area (Å²) in [6, 6.07) is 15.5. The van der Waals surface area contributed by atoms with Gasteiger partial charge in [-0.3, -0.25) is 4.79 Å². The Morgan fingerprint density at radius 3 is 2.53 bits per heavy atom. The molecule has 3 rings (SSSR count). The average Bonchev–Trinajstić information content (AvgIpc) is 2.40. The molecular weight excluding hydrogens is 236 g/mol. The second-order valence-electron chi connectivity index (χ2n) is 4.94. The Kier molecular flexibility index (Phi) is 2.75. The Hall–Kier alpha value is -2.29. The maximum absolute atomic E-state index is 12.5. The second kappa shape index (κ2) is 4.43. The number of likely N-dealkylation sites (N-methyl/N-ethyl adjacent to an activating group) is 1. The van der Waals surface area contributed by atoms with Crippen LogP contribution in [-0.2, 0) is 11.2 Å². The van der Waals surface area contributed by atoms with Gasteiger partial charge in [-0.15, -0.1) is 0 Å². The molecule has 2 N–H and O–H groups in total. The molecule has 0 heterocycles. The van der Waals surface area contributed by atoms with Crippen molar-refractivity contribution in [1.29, 1.82) is 0 Å². The van der Waals surface area contributed by atoms with E-state index >= 15 is 0 Å². The molecule has 0 radical (unpaired) electrons. The monoisotopic (exact) mass is 252 g/mol. The Morgan fingerprint density at radius 2 is 1.84 bits per heavy atom. The third kappa shape index (κ3) is 1.97. The molecule has 0 spiro atoms. The van der Waals surface area contributed by atoms with Crippen molar-refractivity contribution in [3.63, 3.8) is 0 Å². The maximum Gasteiger partial charge on any atom is 0.234 e. The molecule has 2 aromatic carbocycles. The topological polar surface area (TPSA) is 46.3 Å². The molecule has 1 aliphatic carbocycles. The summed E-state index contributed by atoms with van der Waals surface area (Å²) < 4.78 is 0. The number of carbonyl (C=O) groups excluding carboxylic acids is 1. The van der Waals surface area contributed by atoms with Gasteiger partial charge in [-0.25, -0.2) is 0 Å². The highest BCUT2D eigenvalue weighted by Crippen LogP contribution is 2.36. The molecule has 0 saturated carbocycles. The Balaban J connectivity index is 1.80. The summed E-state index contributed by atoms with van der Waals surface area (Å²) in [5.74, 6) is 0.141. The number of fused-ring (bicyclic) bond motifs is 1. The largest absolute Gasteiger partial charge is 0.399 e. The van der Waals surface area contributed by atoms with Crippen LogP contribution in [0.3, 0.4) is 0 Å². The smallest absolute Gasteiger partial charge is 0.234 e. The van der Waals surface area contributed by atoms with E-state index < -0.39 is 0 Å². The summed E-state index contributed by atoms with van der Waals surface area (Å²) >= 11 is 0. The molecule has 3 nitrogen and oxygen atoms in total. The summed E-state index contributed by atoms with van der Waals surface area (Å²) in [7, 11) is 1.81. The van der Waals surface area contributed by atoms with Gasteiger partial charge in [0.1, 0.15) is 0 Å². The van der Waals surface area contributed by atoms with E-state index in [1.54, 1.807) is 4.90 Å². The minimum absolute atomic E-state index is 0.00115. The first kappa shape index (κ1) is 11.8. The molecule has 0 bridgehead atoms. The summed E-state index contributed by atoms with van der Waals surface area (Å²) in [6.07, 6.45) is 0.842. The van der Waals surface area contributed by atoms with Crippen LogP contribution in [0, 0.1) is 0 Å². The van der Waals surface area contributed by atoms with E-state index in [1.165, 1.54) is 5.56 Å². The van der Waals surface area contributed by atoms with Crippen LogP contribution >= 0.6 is 0 Å². The quantitative estimate of drug-likeness (QED) is 0.835. The van der Waals surface area contributed by atoms with Crippen LogP contribution in [0.2, 0.25) is 0 Å². The predicted octanol–water partition coefficient (Wildman–Crippen LogP) is 2.57. The van der Waals surface area contributed by atoms with Gasteiger partial charge in [0.15, 0.2) is 0 Å². The normalized spacial score (nSPS) is 16.4. The van der Waals surface area contributed by atoms with Crippen LogP contribution in [0.4, 0.5) is 11.4 Å². The van der Waals surface area contributed by atoms with E-state index in [4.69, 9.17) is 5.73 Å². The number of nitrogens with two attached hydrogens (primary N) is 1. The molecule has 0 aromatic heterocycles. The number of hydrogen-bond acceptors (Lipinski definition) is 2. The molecule has 0 fully saturated rings. The van der Waals surface area contributed by atoms with Crippen LogP contribution in [-0.4, -0.2) is 13.0 Å². The summed E-state index contributed by atoms with van der Waals surface area (Å²) in [5, 5.41) is 0. The molecule has 1 amide bonds. The van der Waals surface area contributed by atoms with Crippen LogP contribution in [0.1, 0.15) is 17.0 Å². The molecule has 2 aromatic rings. The standard InChI is InChI=1S/C16H16N2O/c1-18(13-8-6-12(17)7-9-13)16(19)15-10-11-4-2-3-5-14(11)15/h2-9,15H,10,17H2,1H3. The van der Waals surface area contributed by atoms with Crippen molar-refractivity contribution in [2.75, 3.05) is 17.7 Å². The number of benzene rings is 2. The number of carbonyl (C=O) groups is 1. The van der Waals surface area contributed by atoms with Gasteiger partial charge in [0.05, 0.1) is 5.92 Å². The van der Waals surface area contributed by atoms with Gasteiger partial charge >= 0.3 is 0 Å². The van der Waals surface area contributed by atoms with Crippen molar-refractivity contribution in [2.45, 2.75) is 12.3 Å². The van der Waals surface area contributed by atoms with Crippen molar-refractivity contribution in [3.8, 4) is 0 Å². The van der Waals surface area contributed by atoms with E-state index in [0.29, 0.717) is 5.69 Å². The van der Waals surface area contributed by atoms with E-state index in [1.807, 2.05) is 49.5 Å². The van der Waals surface area contributed by atoms with Gasteiger partial charge in [-0.2, -0.15) is 0 Å². The molecule has 0 aliphatic heterocycles. The molecule has 3 heteroatoms. The van der Waals surface area contributed by atoms with Gasteiger partial charge in [0.25, 0.3) is 0 Å². The lowest BCUT2D eigenvalue weighted by Crippen LogP contribution is -2.36. The highest BCUT2D eigenvalue weighted by atomic mass is 16.2. The maximum atomic E-state index is 12.5. The lowest BCUT2D eigenvalue weighted by molar-refractivity contribution is -0.120. The van der Waals surface area contributed by atoms with E-state index in [0.717, 1.165) is 17.7 Å². The minimum Gasteiger partial charge on any atom is -0.399 e. The molecule has 1 atom stereocenters. The van der Waals surface area contributed by atoms with Crippen molar-refractivity contribution in [2.24, 2.45) is 0 Å². The van der Waals surface area contributed by atoms with Gasteiger partial charge in [0, 0.05) is 18.4 Å². The third-order valence-corrected chi connectivity index (χ3v) is 3.76. The lowest BCUT2D eigenvalue weighted by atomic mass is 9.77. The second-order valence-corrected chi connectivity index (χ2v) is 4.94. The first-order chi connectivity index (χ1) is 9.16. The molecule has 19 heavy (non-hydrogen) atoms. The van der Waals surface area contributed by atoms with Crippen LogP contribution < -0.4 is 10.6 Å². The lowest BCUT2D eigenvalue weighted by Gasteiger charge is -2.32. The average molecular weight is 252 g/mol. The van der Waals surface area contributed by atoms with Crippen LogP contribution in [0.5, 0.6) is 0 Å². The SMILES string of the molecule is CN(C(=O)C1Cc2ccccc21)c1ccc(N)cc1.